The van der Waals surface area contributed by atoms with Gasteiger partial charge in [0.25, 0.3) is 5.56 Å². The minimum Gasteiger partial charge on any atom is -0.388 e. The van der Waals surface area contributed by atoms with Gasteiger partial charge in [-0.15, -0.1) is 0 Å². The molecule has 0 bridgehead atoms. The van der Waals surface area contributed by atoms with E-state index in [0.717, 1.165) is 0 Å². The van der Waals surface area contributed by atoms with Crippen LogP contribution in [-0.2, 0) is 14.3 Å². The van der Waals surface area contributed by atoms with E-state index in [1.165, 1.54) is 19.3 Å². The Balaban J connectivity index is 1.66. The van der Waals surface area contributed by atoms with Crippen LogP contribution in [0, 0.1) is 0 Å². The Morgan fingerprint density at radius 2 is 2.11 bits per heavy atom. The summed E-state index contributed by atoms with van der Waals surface area (Å²) in [5.41, 5.74) is -1.84. The van der Waals surface area contributed by atoms with Crippen molar-refractivity contribution in [3.05, 3.63) is 22.7 Å². The molecule has 3 heterocycles. The third kappa shape index (κ3) is 4.17. The molecule has 2 atom stereocenters. The highest BCUT2D eigenvalue weighted by atomic mass is 16.5. The molecule has 2 aliphatic heterocycles. The molecule has 0 unspecified atom stereocenters. The van der Waals surface area contributed by atoms with Gasteiger partial charge >= 0.3 is 0 Å². The molecule has 3 rings (SSSR count). The minimum atomic E-state index is -0.899. The first-order chi connectivity index (χ1) is 13.2. The number of carbonyl (C=O) groups excluding carboxylic acids is 2. The van der Waals surface area contributed by atoms with Crippen molar-refractivity contribution in [2.24, 2.45) is 0 Å². The number of ether oxygens (including phenoxy) is 1. The van der Waals surface area contributed by atoms with E-state index in [1.54, 1.807) is 6.92 Å². The number of rotatable bonds is 4. The molecule has 10 nitrogen and oxygen atoms in total. The van der Waals surface area contributed by atoms with Crippen LogP contribution in [-0.4, -0.2) is 70.4 Å². The van der Waals surface area contributed by atoms with Crippen LogP contribution in [0.5, 0.6) is 0 Å². The number of hydrogen-bond acceptors (Lipinski definition) is 7. The molecule has 154 valence electrons. The number of anilines is 1. The van der Waals surface area contributed by atoms with E-state index in [1.807, 2.05) is 4.90 Å². The quantitative estimate of drug-likeness (QED) is 0.510. The molecule has 2 aliphatic rings. The Morgan fingerprint density at radius 1 is 1.39 bits per heavy atom. The zero-order valence-corrected chi connectivity index (χ0v) is 16.2. The number of H-pyrrole nitrogens is 1. The van der Waals surface area contributed by atoms with Crippen LogP contribution >= 0.6 is 0 Å². The average Bonchev–Trinajstić information content (AvgIpc) is 2.65. The van der Waals surface area contributed by atoms with Crippen LogP contribution in [0.15, 0.2) is 17.2 Å². The highest BCUT2D eigenvalue weighted by molar-refractivity contribution is 5.84. The fourth-order valence-corrected chi connectivity index (χ4v) is 4.02. The summed E-state index contributed by atoms with van der Waals surface area (Å²) in [6.45, 7) is 4.58. The van der Waals surface area contributed by atoms with Gasteiger partial charge in [-0.1, -0.05) is 0 Å². The van der Waals surface area contributed by atoms with Crippen LogP contribution in [0.25, 0.3) is 0 Å². The molecule has 0 aromatic carbocycles. The molecule has 0 aliphatic carbocycles. The third-order valence-corrected chi connectivity index (χ3v) is 5.63. The molecule has 1 aromatic heterocycles. The number of carbonyl (C=O) groups is 2. The van der Waals surface area contributed by atoms with E-state index in [4.69, 9.17) is 4.74 Å². The Morgan fingerprint density at radius 3 is 2.75 bits per heavy atom. The van der Waals surface area contributed by atoms with Crippen molar-refractivity contribution in [2.75, 3.05) is 31.1 Å². The predicted molar refractivity (Wildman–Crippen MR) is 101 cm³/mol. The normalized spacial score (nSPS) is 26.7. The van der Waals surface area contributed by atoms with Gasteiger partial charge in [0, 0.05) is 32.7 Å². The summed E-state index contributed by atoms with van der Waals surface area (Å²) in [6.07, 6.45) is 2.03. The van der Waals surface area contributed by atoms with Crippen LogP contribution < -0.4 is 21.1 Å². The second-order valence-corrected chi connectivity index (χ2v) is 7.70. The fraction of sp³-hybridized carbons (Fsp3) is 0.667. The number of nitrogens with zero attached hydrogens (tertiary/aromatic N) is 2. The van der Waals surface area contributed by atoms with Gasteiger partial charge in [0.05, 0.1) is 24.0 Å². The maximum absolute atomic E-state index is 12.2. The minimum absolute atomic E-state index is 0.131. The van der Waals surface area contributed by atoms with E-state index >= 15 is 0 Å². The molecule has 0 radical (unpaired) electrons. The topological polar surface area (TPSA) is 137 Å². The summed E-state index contributed by atoms with van der Waals surface area (Å²) in [7, 11) is 0. The number of amides is 2. The van der Waals surface area contributed by atoms with Crippen LogP contribution in [0.1, 0.15) is 33.1 Å². The number of aromatic nitrogens is 2. The molecule has 2 fully saturated rings. The molecule has 28 heavy (non-hydrogen) atoms. The average molecular weight is 393 g/mol. The van der Waals surface area contributed by atoms with Gasteiger partial charge in [-0.3, -0.25) is 14.4 Å². The van der Waals surface area contributed by atoms with Gasteiger partial charge in [0.1, 0.15) is 11.9 Å². The van der Waals surface area contributed by atoms with Gasteiger partial charge in [0.15, 0.2) is 0 Å². The van der Waals surface area contributed by atoms with Crippen molar-refractivity contribution in [3.63, 3.8) is 0 Å². The Labute approximate surface area is 162 Å². The first kappa shape index (κ1) is 20.3. The molecule has 10 heteroatoms. The van der Waals surface area contributed by atoms with Gasteiger partial charge in [0.2, 0.25) is 11.8 Å². The molecule has 1 aromatic rings. The lowest BCUT2D eigenvalue weighted by Gasteiger charge is -2.53. The first-order valence-corrected chi connectivity index (χ1v) is 9.41. The SMILES string of the molecule is CC(=O)NCC(=O)N[C@@]1(C)CCOC2(CCN(c3cc(=O)[nH]cn3)CC2)[C@@H]1O. The van der Waals surface area contributed by atoms with E-state index < -0.39 is 17.2 Å². The number of piperidine rings is 1. The van der Waals surface area contributed by atoms with Crippen LogP contribution in [0.3, 0.4) is 0 Å². The lowest BCUT2D eigenvalue weighted by atomic mass is 9.73. The molecular weight excluding hydrogens is 366 g/mol. The van der Waals surface area contributed by atoms with E-state index in [9.17, 15) is 19.5 Å². The Hall–Kier alpha value is -2.46. The number of hydrogen-bond donors (Lipinski definition) is 4. The van der Waals surface area contributed by atoms with Crippen molar-refractivity contribution < 1.29 is 19.4 Å². The van der Waals surface area contributed by atoms with Gasteiger partial charge in [-0.05, 0) is 26.2 Å². The summed E-state index contributed by atoms with van der Waals surface area (Å²) in [4.78, 5) is 43.4. The highest BCUT2D eigenvalue weighted by Crippen LogP contribution is 2.40. The van der Waals surface area contributed by atoms with E-state index in [0.29, 0.717) is 44.8 Å². The number of aliphatic hydroxyl groups excluding tert-OH is 1. The largest absolute Gasteiger partial charge is 0.388 e. The van der Waals surface area contributed by atoms with Gasteiger partial charge in [-0.25, -0.2) is 4.98 Å². The maximum Gasteiger partial charge on any atom is 0.252 e. The maximum atomic E-state index is 12.2. The summed E-state index contributed by atoms with van der Waals surface area (Å²) in [5, 5.41) is 16.4. The monoisotopic (exact) mass is 393 g/mol. The lowest BCUT2D eigenvalue weighted by molar-refractivity contribution is -0.198. The van der Waals surface area contributed by atoms with Crippen molar-refractivity contribution in [3.8, 4) is 0 Å². The fourth-order valence-electron chi connectivity index (χ4n) is 4.02. The smallest absolute Gasteiger partial charge is 0.252 e. The Kier molecular flexibility index (Phi) is 5.71. The summed E-state index contributed by atoms with van der Waals surface area (Å²) in [5.74, 6) is -0.0424. The first-order valence-electron chi connectivity index (χ1n) is 9.41. The van der Waals surface area contributed by atoms with E-state index in [2.05, 4.69) is 20.6 Å². The van der Waals surface area contributed by atoms with Crippen molar-refractivity contribution in [1.29, 1.82) is 0 Å². The van der Waals surface area contributed by atoms with Gasteiger partial charge < -0.3 is 30.4 Å². The summed E-state index contributed by atoms with van der Waals surface area (Å²) < 4.78 is 6.02. The molecule has 2 saturated heterocycles. The highest BCUT2D eigenvalue weighted by Gasteiger charge is 2.53. The second kappa shape index (κ2) is 7.88. The molecule has 4 N–H and O–H groups in total. The summed E-state index contributed by atoms with van der Waals surface area (Å²) in [6, 6.07) is 1.45. The number of nitrogens with one attached hydrogen (secondary N) is 3. The molecular formula is C18H27N5O5. The molecule has 0 saturated carbocycles. The molecule has 2 amide bonds. The summed E-state index contributed by atoms with van der Waals surface area (Å²) >= 11 is 0. The molecule has 1 spiro atoms. The zero-order chi connectivity index (χ0) is 20.4. The number of aliphatic hydroxyl groups is 1. The van der Waals surface area contributed by atoms with Crippen molar-refractivity contribution in [2.45, 2.75) is 50.4 Å². The third-order valence-electron chi connectivity index (χ3n) is 5.63. The van der Waals surface area contributed by atoms with E-state index in [-0.39, 0.29) is 23.9 Å². The second-order valence-electron chi connectivity index (χ2n) is 7.70. The number of aromatic amines is 1. The van der Waals surface area contributed by atoms with Gasteiger partial charge in [-0.2, -0.15) is 0 Å². The van der Waals surface area contributed by atoms with Crippen LogP contribution in [0.2, 0.25) is 0 Å². The zero-order valence-electron chi connectivity index (χ0n) is 16.2. The Bertz CT molecular complexity index is 789. The predicted octanol–water partition coefficient (Wildman–Crippen LogP) is -1.10. The van der Waals surface area contributed by atoms with Crippen molar-refractivity contribution in [1.82, 2.24) is 20.6 Å². The van der Waals surface area contributed by atoms with Crippen molar-refractivity contribution >= 4 is 17.6 Å². The lowest BCUT2D eigenvalue weighted by Crippen LogP contribution is -2.69. The van der Waals surface area contributed by atoms with Crippen LogP contribution in [0.4, 0.5) is 5.82 Å². The standard InChI is InChI=1S/C18H27N5O5/c1-12(24)19-10-15(26)22-17(2)5-8-28-18(16(17)27)3-6-23(7-4-18)13-9-14(25)21-11-20-13/h9,11,16,27H,3-8,10H2,1-2H3,(H,19,24)(H,22,26)(H,20,21,25)/t16-,17+/m1/s1.